The van der Waals surface area contributed by atoms with Gasteiger partial charge in [-0.1, -0.05) is 31.2 Å². The fraction of sp³-hybridized carbons (Fsp3) is 0.259. The lowest BCUT2D eigenvalue weighted by Crippen LogP contribution is -2.43. The van der Waals surface area contributed by atoms with Gasteiger partial charge in [-0.05, 0) is 55.3 Å². The minimum atomic E-state index is -0.571. The number of carbonyl (C=O) groups excluding carboxylic acids is 2. The molecule has 0 radical (unpaired) electrons. The molecule has 9 nitrogen and oxygen atoms in total. The third-order valence-corrected chi connectivity index (χ3v) is 6.01. The molecule has 4 rings (SSSR count). The summed E-state index contributed by atoms with van der Waals surface area (Å²) >= 11 is 0. The number of furan rings is 1. The van der Waals surface area contributed by atoms with Gasteiger partial charge in [0.1, 0.15) is 12.3 Å². The fourth-order valence-corrected chi connectivity index (χ4v) is 3.86. The van der Waals surface area contributed by atoms with Crippen molar-refractivity contribution in [2.75, 3.05) is 0 Å². The fourth-order valence-electron chi connectivity index (χ4n) is 3.86. The van der Waals surface area contributed by atoms with Crippen LogP contribution in [-0.2, 0) is 24.4 Å². The first-order valence-electron chi connectivity index (χ1n) is 11.8. The van der Waals surface area contributed by atoms with Crippen LogP contribution in [0.2, 0.25) is 0 Å². The molecule has 2 heterocycles. The number of hydrogen-bond donors (Lipinski definition) is 2. The molecule has 0 bridgehead atoms. The molecule has 0 aliphatic carbocycles. The predicted octanol–water partition coefficient (Wildman–Crippen LogP) is 2.65. The van der Waals surface area contributed by atoms with Crippen molar-refractivity contribution >= 4 is 22.7 Å². The minimum absolute atomic E-state index is 0.00375. The van der Waals surface area contributed by atoms with Gasteiger partial charge in [-0.15, -0.1) is 0 Å². The van der Waals surface area contributed by atoms with Crippen molar-refractivity contribution in [1.29, 1.82) is 0 Å². The average Bonchev–Trinajstić information content (AvgIpc) is 3.41. The first-order valence-corrected chi connectivity index (χ1v) is 11.8. The Kier molecular flexibility index (Phi) is 7.48. The molecule has 1 unspecified atom stereocenters. The van der Waals surface area contributed by atoms with Gasteiger partial charge in [0, 0.05) is 11.6 Å². The molecule has 36 heavy (non-hydrogen) atoms. The molecular weight excluding hydrogens is 460 g/mol. The Morgan fingerprint density at radius 1 is 0.972 bits per heavy atom. The molecule has 0 fully saturated rings. The van der Waals surface area contributed by atoms with E-state index in [1.54, 1.807) is 60.7 Å². The smallest absolute Gasteiger partial charge is 0.332 e. The number of benzene rings is 2. The Balaban J connectivity index is 1.59. The van der Waals surface area contributed by atoms with Crippen molar-refractivity contribution in [3.8, 4) is 0 Å². The molecule has 2 aromatic heterocycles. The number of rotatable bonds is 9. The Morgan fingerprint density at radius 3 is 2.42 bits per heavy atom. The highest BCUT2D eigenvalue weighted by atomic mass is 16.3. The van der Waals surface area contributed by atoms with Gasteiger partial charge in [0.2, 0.25) is 5.91 Å². The van der Waals surface area contributed by atoms with Gasteiger partial charge in [-0.2, -0.15) is 0 Å². The first kappa shape index (κ1) is 24.7. The summed E-state index contributed by atoms with van der Waals surface area (Å²) in [6, 6.07) is 16.9. The van der Waals surface area contributed by atoms with Crippen molar-refractivity contribution in [3.05, 3.63) is 105 Å². The summed E-state index contributed by atoms with van der Waals surface area (Å²) in [5.41, 5.74) is 0.511. The zero-order valence-electron chi connectivity index (χ0n) is 20.2. The van der Waals surface area contributed by atoms with E-state index in [1.807, 2.05) is 13.8 Å². The summed E-state index contributed by atoms with van der Waals surface area (Å²) in [6.45, 7) is 3.92. The van der Waals surface area contributed by atoms with E-state index in [1.165, 1.54) is 10.8 Å². The highest BCUT2D eigenvalue weighted by molar-refractivity contribution is 5.94. The van der Waals surface area contributed by atoms with Crippen molar-refractivity contribution in [2.45, 2.75) is 45.9 Å². The molecule has 4 aromatic rings. The summed E-state index contributed by atoms with van der Waals surface area (Å²) in [5, 5.41) is 5.98. The summed E-state index contributed by atoms with van der Waals surface area (Å²) in [6.07, 6.45) is 2.30. The molecule has 2 amide bonds. The Morgan fingerprint density at radius 2 is 1.72 bits per heavy atom. The maximum atomic E-state index is 13.3. The molecule has 0 spiro atoms. The van der Waals surface area contributed by atoms with Crippen molar-refractivity contribution < 1.29 is 14.0 Å². The van der Waals surface area contributed by atoms with E-state index < -0.39 is 11.2 Å². The molecule has 0 aliphatic rings. The maximum Gasteiger partial charge on any atom is 0.332 e. The average molecular weight is 489 g/mol. The Hall–Kier alpha value is -4.40. The topological polar surface area (TPSA) is 115 Å². The Labute approximate surface area is 207 Å². The summed E-state index contributed by atoms with van der Waals surface area (Å²) in [4.78, 5) is 51.5. The maximum absolute atomic E-state index is 13.3. The van der Waals surface area contributed by atoms with Gasteiger partial charge in [0.05, 0.1) is 30.3 Å². The number of amides is 2. The Bertz CT molecular complexity index is 1480. The lowest BCUT2D eigenvalue weighted by Gasteiger charge is -2.16. The van der Waals surface area contributed by atoms with E-state index in [-0.39, 0.29) is 37.5 Å². The number of nitrogens with one attached hydrogen (secondary N) is 2. The predicted molar refractivity (Wildman–Crippen MR) is 136 cm³/mol. The van der Waals surface area contributed by atoms with Crippen LogP contribution in [0.4, 0.5) is 0 Å². The second kappa shape index (κ2) is 10.9. The largest absolute Gasteiger partial charge is 0.467 e. The van der Waals surface area contributed by atoms with Gasteiger partial charge in [-0.3, -0.25) is 23.5 Å². The van der Waals surface area contributed by atoms with Crippen LogP contribution in [0.3, 0.4) is 0 Å². The zero-order chi connectivity index (χ0) is 25.7. The highest BCUT2D eigenvalue weighted by Crippen LogP contribution is 2.10. The van der Waals surface area contributed by atoms with Gasteiger partial charge in [0.15, 0.2) is 0 Å². The zero-order valence-corrected chi connectivity index (χ0v) is 20.2. The van der Waals surface area contributed by atoms with Crippen LogP contribution in [0.15, 0.2) is 80.9 Å². The van der Waals surface area contributed by atoms with E-state index in [0.717, 1.165) is 11.0 Å². The van der Waals surface area contributed by atoms with E-state index in [2.05, 4.69) is 10.6 Å². The van der Waals surface area contributed by atoms with Gasteiger partial charge < -0.3 is 15.1 Å². The summed E-state index contributed by atoms with van der Waals surface area (Å²) in [5.74, 6) is 0.0759. The molecule has 0 saturated carbocycles. The molecule has 186 valence electrons. The second-order valence-corrected chi connectivity index (χ2v) is 8.61. The number of para-hydroxylation sites is 1. The highest BCUT2D eigenvalue weighted by Gasteiger charge is 2.16. The van der Waals surface area contributed by atoms with Crippen LogP contribution in [0.5, 0.6) is 0 Å². The number of carbonyl (C=O) groups is 2. The van der Waals surface area contributed by atoms with Crippen LogP contribution < -0.4 is 21.9 Å². The minimum Gasteiger partial charge on any atom is -0.467 e. The van der Waals surface area contributed by atoms with E-state index >= 15 is 0 Å². The van der Waals surface area contributed by atoms with Crippen molar-refractivity contribution in [2.24, 2.45) is 0 Å². The molecular formula is C27H28N4O5. The third-order valence-electron chi connectivity index (χ3n) is 6.01. The first-order chi connectivity index (χ1) is 17.4. The van der Waals surface area contributed by atoms with Crippen LogP contribution >= 0.6 is 0 Å². The normalized spacial score (nSPS) is 11.8. The number of hydrogen-bond acceptors (Lipinski definition) is 5. The lowest BCUT2D eigenvalue weighted by molar-refractivity contribution is -0.122. The second-order valence-electron chi connectivity index (χ2n) is 8.61. The number of aromatic nitrogens is 2. The monoisotopic (exact) mass is 488 g/mol. The van der Waals surface area contributed by atoms with Gasteiger partial charge in [-0.25, -0.2) is 4.79 Å². The van der Waals surface area contributed by atoms with Crippen LogP contribution in [0, 0.1) is 0 Å². The van der Waals surface area contributed by atoms with Crippen molar-refractivity contribution in [1.82, 2.24) is 19.8 Å². The SMILES string of the molecule is CCC(C)NC(=O)Cn1c(=O)n(Cc2ccc(C(=O)NCc3ccco3)cc2)c(=O)c2ccccc21. The lowest BCUT2D eigenvalue weighted by atomic mass is 10.1. The van der Waals surface area contributed by atoms with E-state index in [4.69, 9.17) is 4.42 Å². The third kappa shape index (κ3) is 5.46. The van der Waals surface area contributed by atoms with Crippen LogP contribution in [0.1, 0.15) is 41.9 Å². The summed E-state index contributed by atoms with van der Waals surface area (Å²) < 4.78 is 7.65. The quantitative estimate of drug-likeness (QED) is 0.376. The standard InChI is InChI=1S/C27H28N4O5/c1-3-18(2)29-24(32)17-30-23-9-5-4-8-22(23)26(34)31(27(30)35)16-19-10-12-20(13-11-19)25(33)28-15-21-7-6-14-36-21/h4-14,18H,3,15-17H2,1-2H3,(H,28,33)(H,29,32). The molecule has 0 saturated heterocycles. The summed E-state index contributed by atoms with van der Waals surface area (Å²) in [7, 11) is 0. The number of nitrogens with zero attached hydrogens (tertiary/aromatic N) is 2. The molecule has 1 atom stereocenters. The number of fused-ring (bicyclic) bond motifs is 1. The van der Waals surface area contributed by atoms with Crippen LogP contribution in [0.25, 0.3) is 10.9 Å². The molecule has 2 N–H and O–H groups in total. The van der Waals surface area contributed by atoms with E-state index in [0.29, 0.717) is 27.8 Å². The van der Waals surface area contributed by atoms with Gasteiger partial charge >= 0.3 is 5.69 Å². The molecule has 9 heteroatoms. The van der Waals surface area contributed by atoms with Gasteiger partial charge in [0.25, 0.3) is 11.5 Å². The van der Waals surface area contributed by atoms with Crippen LogP contribution in [-0.4, -0.2) is 27.0 Å². The van der Waals surface area contributed by atoms with E-state index in [9.17, 15) is 19.2 Å². The molecule has 0 aliphatic heterocycles. The van der Waals surface area contributed by atoms with Crippen molar-refractivity contribution in [3.63, 3.8) is 0 Å². The molecule has 2 aromatic carbocycles.